The molecule has 1 heterocycles. The number of halogens is 1. The van der Waals surface area contributed by atoms with E-state index in [9.17, 15) is 13.2 Å². The van der Waals surface area contributed by atoms with E-state index in [0.29, 0.717) is 21.8 Å². The predicted molar refractivity (Wildman–Crippen MR) is 124 cm³/mol. The van der Waals surface area contributed by atoms with E-state index in [0.717, 1.165) is 10.9 Å². The van der Waals surface area contributed by atoms with Gasteiger partial charge in [0.25, 0.3) is 15.9 Å². The Morgan fingerprint density at radius 3 is 2.55 bits per heavy atom. The molecule has 4 aromatic rings. The number of anilines is 2. The minimum absolute atomic E-state index is 0.0585. The quantitative estimate of drug-likeness (QED) is 0.436. The molecule has 0 saturated carbocycles. The van der Waals surface area contributed by atoms with Crippen molar-refractivity contribution in [1.82, 2.24) is 4.57 Å². The maximum Gasteiger partial charge on any atom is 0.262 e. The van der Waals surface area contributed by atoms with Crippen molar-refractivity contribution in [1.29, 1.82) is 0 Å². The van der Waals surface area contributed by atoms with Crippen molar-refractivity contribution in [2.45, 2.75) is 11.8 Å². The highest BCUT2D eigenvalue weighted by atomic mass is 35.5. The summed E-state index contributed by atoms with van der Waals surface area (Å²) in [5, 5.41) is 3.93. The predicted octanol–water partition coefficient (Wildman–Crippen LogP) is 5.19. The van der Waals surface area contributed by atoms with Crippen LogP contribution in [0.5, 0.6) is 0 Å². The van der Waals surface area contributed by atoms with Crippen LogP contribution >= 0.6 is 11.6 Å². The van der Waals surface area contributed by atoms with Gasteiger partial charge in [-0.05, 0) is 55.0 Å². The highest BCUT2D eigenvalue weighted by molar-refractivity contribution is 7.92. The first-order valence-electron chi connectivity index (χ1n) is 9.50. The smallest absolute Gasteiger partial charge is 0.262 e. The lowest BCUT2D eigenvalue weighted by Gasteiger charge is -2.14. The Kier molecular flexibility index (Phi) is 5.47. The molecule has 0 unspecified atom stereocenters. The van der Waals surface area contributed by atoms with E-state index in [2.05, 4.69) is 10.0 Å². The Bertz CT molecular complexity index is 1410. The second-order valence-corrected chi connectivity index (χ2v) is 9.24. The molecule has 3 aromatic carbocycles. The minimum Gasteiger partial charge on any atom is -0.351 e. The number of rotatable bonds is 5. The largest absolute Gasteiger partial charge is 0.351 e. The standard InChI is InChI=1S/C23H20ClN3O3S/c1-15-10-11-16(14-22(15)31(29,30)26-20-8-4-3-7-19(20)24)25-23(28)18-6-5-9-21-17(18)12-13-27(21)2/h3-14,26H,1-2H3,(H,25,28). The Hall–Kier alpha value is -3.29. The van der Waals surface area contributed by atoms with E-state index < -0.39 is 10.0 Å². The van der Waals surface area contributed by atoms with Gasteiger partial charge in [-0.1, -0.05) is 35.9 Å². The zero-order valence-corrected chi connectivity index (χ0v) is 18.5. The van der Waals surface area contributed by atoms with Crippen molar-refractivity contribution in [2.75, 3.05) is 10.0 Å². The van der Waals surface area contributed by atoms with E-state index in [-0.39, 0.29) is 16.5 Å². The van der Waals surface area contributed by atoms with Gasteiger partial charge >= 0.3 is 0 Å². The number of carbonyl (C=O) groups excluding carboxylic acids is 1. The lowest BCUT2D eigenvalue weighted by molar-refractivity contribution is 0.102. The summed E-state index contributed by atoms with van der Waals surface area (Å²) in [6.07, 6.45) is 1.89. The van der Waals surface area contributed by atoms with Crippen LogP contribution in [-0.4, -0.2) is 18.9 Å². The van der Waals surface area contributed by atoms with Gasteiger partial charge in [0.15, 0.2) is 0 Å². The third kappa shape index (κ3) is 4.15. The molecule has 4 rings (SSSR count). The molecule has 0 atom stereocenters. The zero-order chi connectivity index (χ0) is 22.2. The second-order valence-electron chi connectivity index (χ2n) is 7.18. The monoisotopic (exact) mass is 453 g/mol. The van der Waals surface area contributed by atoms with Gasteiger partial charge in [-0.25, -0.2) is 8.42 Å². The summed E-state index contributed by atoms with van der Waals surface area (Å²) in [4.78, 5) is 13.0. The molecular formula is C23H20ClN3O3S. The molecule has 31 heavy (non-hydrogen) atoms. The Morgan fingerprint density at radius 2 is 1.77 bits per heavy atom. The van der Waals surface area contributed by atoms with Crippen molar-refractivity contribution in [3.63, 3.8) is 0 Å². The maximum atomic E-state index is 13.0. The first-order valence-corrected chi connectivity index (χ1v) is 11.4. The number of benzene rings is 3. The number of aryl methyl sites for hydroxylation is 2. The molecule has 8 heteroatoms. The van der Waals surface area contributed by atoms with Crippen LogP contribution in [0.15, 0.2) is 77.8 Å². The lowest BCUT2D eigenvalue weighted by Crippen LogP contribution is -2.16. The first kappa shape index (κ1) is 21.0. The number of nitrogens with zero attached hydrogens (tertiary/aromatic N) is 1. The molecule has 0 bridgehead atoms. The number of nitrogens with one attached hydrogen (secondary N) is 2. The van der Waals surface area contributed by atoms with E-state index in [1.807, 2.05) is 36.0 Å². The number of fused-ring (bicyclic) bond motifs is 1. The van der Waals surface area contributed by atoms with E-state index >= 15 is 0 Å². The molecular weight excluding hydrogens is 434 g/mol. The normalized spacial score (nSPS) is 11.5. The van der Waals surface area contributed by atoms with Crippen molar-refractivity contribution >= 4 is 49.8 Å². The number of amides is 1. The summed E-state index contributed by atoms with van der Waals surface area (Å²) in [7, 11) is -2.00. The Labute approximate surface area is 185 Å². The summed E-state index contributed by atoms with van der Waals surface area (Å²) in [6, 6.07) is 18.7. The molecule has 6 nitrogen and oxygen atoms in total. The number of hydrogen-bond acceptors (Lipinski definition) is 3. The minimum atomic E-state index is -3.91. The average molecular weight is 454 g/mol. The molecule has 0 radical (unpaired) electrons. The van der Waals surface area contributed by atoms with Crippen LogP contribution in [0, 0.1) is 6.92 Å². The van der Waals surface area contributed by atoms with Crippen LogP contribution in [0.2, 0.25) is 5.02 Å². The van der Waals surface area contributed by atoms with E-state index in [1.54, 1.807) is 49.4 Å². The van der Waals surface area contributed by atoms with Crippen molar-refractivity contribution in [3.8, 4) is 0 Å². The summed E-state index contributed by atoms with van der Waals surface area (Å²) in [5.41, 5.74) is 2.65. The fourth-order valence-electron chi connectivity index (χ4n) is 3.41. The van der Waals surface area contributed by atoms with Crippen molar-refractivity contribution in [3.05, 3.63) is 89.1 Å². The summed E-state index contributed by atoms with van der Waals surface area (Å²) < 4.78 is 30.4. The number of aromatic nitrogens is 1. The third-order valence-corrected chi connectivity index (χ3v) is 6.86. The number of hydrogen-bond donors (Lipinski definition) is 2. The van der Waals surface area contributed by atoms with Gasteiger partial charge in [-0.3, -0.25) is 9.52 Å². The van der Waals surface area contributed by atoms with E-state index in [4.69, 9.17) is 11.6 Å². The van der Waals surface area contributed by atoms with Crippen LogP contribution in [0.3, 0.4) is 0 Å². The third-order valence-electron chi connectivity index (χ3n) is 5.03. The number of carbonyl (C=O) groups is 1. The summed E-state index contributed by atoms with van der Waals surface area (Å²) in [5.74, 6) is -0.317. The van der Waals surface area contributed by atoms with Gasteiger partial charge in [0.05, 0.1) is 15.6 Å². The van der Waals surface area contributed by atoms with Crippen LogP contribution in [-0.2, 0) is 17.1 Å². The first-order chi connectivity index (χ1) is 14.8. The van der Waals surface area contributed by atoms with Gasteiger partial charge in [-0.15, -0.1) is 0 Å². The van der Waals surface area contributed by atoms with Crippen molar-refractivity contribution in [2.24, 2.45) is 7.05 Å². The molecule has 1 amide bonds. The number of para-hydroxylation sites is 1. The molecule has 0 aliphatic carbocycles. The molecule has 0 fully saturated rings. The molecule has 158 valence electrons. The lowest BCUT2D eigenvalue weighted by atomic mass is 10.1. The Balaban J connectivity index is 1.64. The SMILES string of the molecule is Cc1ccc(NC(=O)c2cccc3c2ccn3C)cc1S(=O)(=O)Nc1ccccc1Cl. The fraction of sp³-hybridized carbons (Fsp3) is 0.0870. The zero-order valence-electron chi connectivity index (χ0n) is 16.9. The number of sulfonamides is 1. The topological polar surface area (TPSA) is 80.2 Å². The van der Waals surface area contributed by atoms with Gasteiger partial charge < -0.3 is 9.88 Å². The maximum absolute atomic E-state index is 13.0. The van der Waals surface area contributed by atoms with Gasteiger partial charge in [0, 0.05) is 35.4 Å². The van der Waals surface area contributed by atoms with Gasteiger partial charge in [0.2, 0.25) is 0 Å². The second kappa shape index (κ2) is 8.09. The summed E-state index contributed by atoms with van der Waals surface area (Å²) >= 11 is 6.09. The van der Waals surface area contributed by atoms with E-state index in [1.165, 1.54) is 6.07 Å². The summed E-state index contributed by atoms with van der Waals surface area (Å²) in [6.45, 7) is 1.69. The average Bonchev–Trinajstić information content (AvgIpc) is 3.12. The van der Waals surface area contributed by atoms with Crippen molar-refractivity contribution < 1.29 is 13.2 Å². The van der Waals surface area contributed by atoms with Crippen LogP contribution in [0.4, 0.5) is 11.4 Å². The van der Waals surface area contributed by atoms with Gasteiger partial charge in [-0.2, -0.15) is 0 Å². The fourth-order valence-corrected chi connectivity index (χ4v) is 5.00. The highest BCUT2D eigenvalue weighted by Gasteiger charge is 2.20. The highest BCUT2D eigenvalue weighted by Crippen LogP contribution is 2.27. The molecule has 0 aliphatic rings. The van der Waals surface area contributed by atoms with Gasteiger partial charge in [0.1, 0.15) is 0 Å². The molecule has 0 saturated heterocycles. The molecule has 1 aromatic heterocycles. The Morgan fingerprint density at radius 1 is 1.00 bits per heavy atom. The van der Waals surface area contributed by atoms with Crippen LogP contribution in [0.25, 0.3) is 10.9 Å². The molecule has 0 spiro atoms. The molecule has 0 aliphatic heterocycles. The molecule has 2 N–H and O–H groups in total. The van der Waals surface area contributed by atoms with Crippen LogP contribution < -0.4 is 10.0 Å². The van der Waals surface area contributed by atoms with Crippen LogP contribution in [0.1, 0.15) is 15.9 Å².